The zero-order valence-corrected chi connectivity index (χ0v) is 3.24. The molecule has 0 fully saturated rings. The van der Waals surface area contributed by atoms with E-state index in [2.05, 4.69) is 0 Å². The van der Waals surface area contributed by atoms with Crippen LogP contribution >= 0.6 is 8.38 Å². The average Bonchev–Trinajstić information content (AvgIpc) is 0.811. The predicted octanol–water partition coefficient (Wildman–Crippen LogP) is 0.549. The van der Waals surface area contributed by atoms with E-state index in [1.165, 1.54) is 6.66 Å². The van der Waals surface area contributed by atoms with E-state index in [9.17, 15) is 0 Å². The minimum absolute atomic E-state index is 0. The van der Waals surface area contributed by atoms with Crippen LogP contribution in [0.25, 0.3) is 0 Å². The molecule has 0 saturated heterocycles. The van der Waals surface area contributed by atoms with Gasteiger partial charge in [-0.05, 0) is 0 Å². The molecule has 2 nitrogen and oxygen atoms in total. The lowest BCUT2D eigenvalue weighted by atomic mass is 12.0. The summed E-state index contributed by atoms with van der Waals surface area (Å²) in [7, 11) is -1.62. The Morgan fingerprint density at radius 1 is 1.40 bits per heavy atom. The monoisotopic (exact) mass is 96.0 g/mol. The maximum Gasteiger partial charge on any atom is 0.161 e. The molecular formula is C2H9O2P. The molecule has 0 rings (SSSR count). The molecule has 0 atom stereocenters. The molecular weight excluding hydrogens is 87.0 g/mol. The summed E-state index contributed by atoms with van der Waals surface area (Å²) in [5, 5.41) is 0. The van der Waals surface area contributed by atoms with E-state index in [-0.39, 0.29) is 7.43 Å². The summed E-state index contributed by atoms with van der Waals surface area (Å²) in [6, 6.07) is 0. The van der Waals surface area contributed by atoms with Crippen molar-refractivity contribution in [1.29, 1.82) is 0 Å². The van der Waals surface area contributed by atoms with Gasteiger partial charge in [0.2, 0.25) is 0 Å². The van der Waals surface area contributed by atoms with Crippen LogP contribution in [0.15, 0.2) is 0 Å². The first-order valence-corrected chi connectivity index (χ1v) is 2.54. The molecule has 0 spiro atoms. The van der Waals surface area contributed by atoms with Gasteiger partial charge in [0.25, 0.3) is 0 Å². The first-order valence-electron chi connectivity index (χ1n) is 0.847. The standard InChI is InChI=1S/CH5O2P.CH4/c1-4(2)3;/h2-3H,1H3;1H4. The van der Waals surface area contributed by atoms with Crippen LogP contribution in [0.2, 0.25) is 0 Å². The van der Waals surface area contributed by atoms with Gasteiger partial charge in [0.05, 0.1) is 0 Å². The van der Waals surface area contributed by atoms with Crippen LogP contribution in [0.5, 0.6) is 0 Å². The largest absolute Gasteiger partial charge is 0.350 e. The SMILES string of the molecule is C.CP(O)O. The molecule has 34 valence electrons. The van der Waals surface area contributed by atoms with Crippen LogP contribution in [0.3, 0.4) is 0 Å². The van der Waals surface area contributed by atoms with Crippen molar-refractivity contribution in [2.45, 2.75) is 7.43 Å². The second-order valence-electron chi connectivity index (χ2n) is 0.489. The Morgan fingerprint density at radius 2 is 1.40 bits per heavy atom. The van der Waals surface area contributed by atoms with Crippen molar-refractivity contribution in [3.8, 4) is 0 Å². The van der Waals surface area contributed by atoms with Crippen molar-refractivity contribution in [3.63, 3.8) is 0 Å². The normalized spacial score (nSPS) is 7.20. The Bertz CT molecular complexity index is 12.4. The van der Waals surface area contributed by atoms with E-state index in [1.807, 2.05) is 0 Å². The maximum absolute atomic E-state index is 7.68. The van der Waals surface area contributed by atoms with Gasteiger partial charge in [0.15, 0.2) is 8.38 Å². The average molecular weight is 96.1 g/mol. The lowest BCUT2D eigenvalue weighted by molar-refractivity contribution is 0.491. The fraction of sp³-hybridized carbons (Fsp3) is 1.00. The molecule has 0 aliphatic rings. The van der Waals surface area contributed by atoms with E-state index >= 15 is 0 Å². The van der Waals surface area contributed by atoms with E-state index in [0.29, 0.717) is 0 Å². The minimum Gasteiger partial charge on any atom is -0.350 e. The Morgan fingerprint density at radius 3 is 1.40 bits per heavy atom. The smallest absolute Gasteiger partial charge is 0.161 e. The number of hydrogen-bond acceptors (Lipinski definition) is 2. The van der Waals surface area contributed by atoms with E-state index in [0.717, 1.165) is 0 Å². The summed E-state index contributed by atoms with van der Waals surface area (Å²) >= 11 is 0. The molecule has 0 radical (unpaired) electrons. The van der Waals surface area contributed by atoms with Crippen molar-refractivity contribution in [1.82, 2.24) is 0 Å². The van der Waals surface area contributed by atoms with Gasteiger partial charge >= 0.3 is 0 Å². The molecule has 5 heavy (non-hydrogen) atoms. The van der Waals surface area contributed by atoms with Crippen molar-refractivity contribution >= 4 is 8.38 Å². The Labute approximate surface area is 33.4 Å². The summed E-state index contributed by atoms with van der Waals surface area (Å²) in [4.78, 5) is 15.4. The Kier molecular flexibility index (Phi) is 7.85. The summed E-state index contributed by atoms with van der Waals surface area (Å²) in [5.74, 6) is 0. The van der Waals surface area contributed by atoms with Crippen LogP contribution in [0.1, 0.15) is 7.43 Å². The van der Waals surface area contributed by atoms with Crippen molar-refractivity contribution in [3.05, 3.63) is 0 Å². The number of rotatable bonds is 0. The molecule has 0 heterocycles. The first-order chi connectivity index (χ1) is 1.73. The zero-order chi connectivity index (χ0) is 3.58. The summed E-state index contributed by atoms with van der Waals surface area (Å²) < 4.78 is 0. The third-order valence-corrected chi connectivity index (χ3v) is 0. The van der Waals surface area contributed by atoms with Crippen molar-refractivity contribution in [2.75, 3.05) is 6.66 Å². The van der Waals surface area contributed by atoms with Gasteiger partial charge in [-0.3, -0.25) is 0 Å². The van der Waals surface area contributed by atoms with Gasteiger partial charge in [-0.2, -0.15) is 0 Å². The van der Waals surface area contributed by atoms with Crippen molar-refractivity contribution in [2.24, 2.45) is 0 Å². The summed E-state index contributed by atoms with van der Waals surface area (Å²) in [5.41, 5.74) is 0. The third-order valence-electron chi connectivity index (χ3n) is 0. The van der Waals surface area contributed by atoms with Gasteiger partial charge in [-0.15, -0.1) is 0 Å². The predicted molar refractivity (Wildman–Crippen MR) is 24.0 cm³/mol. The molecule has 2 N–H and O–H groups in total. The summed E-state index contributed by atoms with van der Waals surface area (Å²) in [6.07, 6.45) is 0. The van der Waals surface area contributed by atoms with E-state index < -0.39 is 8.38 Å². The van der Waals surface area contributed by atoms with Crippen LogP contribution < -0.4 is 0 Å². The minimum atomic E-state index is -1.62. The highest BCUT2D eigenvalue weighted by molar-refractivity contribution is 7.44. The van der Waals surface area contributed by atoms with Crippen LogP contribution in [0, 0.1) is 0 Å². The van der Waals surface area contributed by atoms with Crippen LogP contribution in [-0.4, -0.2) is 16.5 Å². The third kappa shape index (κ3) is 196. The van der Waals surface area contributed by atoms with Gasteiger partial charge < -0.3 is 9.79 Å². The van der Waals surface area contributed by atoms with Gasteiger partial charge in [-0.1, -0.05) is 7.43 Å². The highest BCUT2D eigenvalue weighted by Gasteiger charge is 1.72. The fourth-order valence-electron chi connectivity index (χ4n) is 0. The van der Waals surface area contributed by atoms with Crippen LogP contribution in [0.4, 0.5) is 0 Å². The summed E-state index contributed by atoms with van der Waals surface area (Å²) in [6.45, 7) is 1.34. The molecule has 0 bridgehead atoms. The molecule has 3 heteroatoms. The van der Waals surface area contributed by atoms with Crippen LogP contribution in [-0.2, 0) is 0 Å². The molecule has 0 aliphatic carbocycles. The van der Waals surface area contributed by atoms with E-state index in [4.69, 9.17) is 9.79 Å². The van der Waals surface area contributed by atoms with Gasteiger partial charge in [-0.25, -0.2) is 0 Å². The highest BCUT2D eigenvalue weighted by atomic mass is 31.2. The second kappa shape index (κ2) is 4.35. The van der Waals surface area contributed by atoms with E-state index in [1.54, 1.807) is 0 Å². The zero-order valence-electron chi connectivity index (χ0n) is 2.34. The molecule has 0 aromatic carbocycles. The molecule has 0 amide bonds. The number of hydrogen-bond donors (Lipinski definition) is 2. The maximum atomic E-state index is 7.68. The Hall–Kier alpha value is 0.350. The molecule has 0 aromatic rings. The highest BCUT2D eigenvalue weighted by Crippen LogP contribution is 2.12. The molecule has 0 aliphatic heterocycles. The quantitative estimate of drug-likeness (QED) is 0.432. The fourth-order valence-corrected chi connectivity index (χ4v) is 0. The molecule has 0 aromatic heterocycles. The van der Waals surface area contributed by atoms with Crippen molar-refractivity contribution < 1.29 is 9.79 Å². The van der Waals surface area contributed by atoms with Gasteiger partial charge in [0, 0.05) is 6.66 Å². The second-order valence-corrected chi connectivity index (χ2v) is 1.47. The lowest BCUT2D eigenvalue weighted by Gasteiger charge is -1.79. The van der Waals surface area contributed by atoms with Gasteiger partial charge in [0.1, 0.15) is 0 Å². The lowest BCUT2D eigenvalue weighted by Crippen LogP contribution is -1.52. The molecule has 0 saturated carbocycles. The topological polar surface area (TPSA) is 40.5 Å². The molecule has 0 unspecified atom stereocenters. The Balaban J connectivity index is 0. The first kappa shape index (κ1) is 9.02.